The van der Waals surface area contributed by atoms with E-state index in [0.717, 1.165) is 11.4 Å². The van der Waals surface area contributed by atoms with Gasteiger partial charge in [0.1, 0.15) is 0 Å². The van der Waals surface area contributed by atoms with Crippen LogP contribution in [-0.4, -0.2) is 11.0 Å². The first-order chi connectivity index (χ1) is 10.5. The number of hydrogen-bond donors (Lipinski definition) is 3. The van der Waals surface area contributed by atoms with Gasteiger partial charge in [0.2, 0.25) is 5.91 Å². The van der Waals surface area contributed by atoms with E-state index in [2.05, 4.69) is 47.1 Å². The lowest BCUT2D eigenvalue weighted by molar-refractivity contribution is -0.114. The summed E-state index contributed by atoms with van der Waals surface area (Å²) in [5.41, 5.74) is 3.97. The largest absolute Gasteiger partial charge is 0.358 e. The van der Waals surface area contributed by atoms with E-state index in [1.807, 2.05) is 24.3 Å². The molecule has 1 amide bonds. The normalized spacial score (nSPS) is 9.91. The summed E-state index contributed by atoms with van der Waals surface area (Å²) in [6.45, 7) is 4.21. The lowest BCUT2D eigenvalue weighted by Crippen LogP contribution is -2.27. The predicted molar refractivity (Wildman–Crippen MR) is 95.0 cm³/mol. The van der Waals surface area contributed by atoms with Gasteiger partial charge in [-0.25, -0.2) is 0 Å². The Bertz CT molecular complexity index is 668. The lowest BCUT2D eigenvalue weighted by atomic mass is 10.1. The summed E-state index contributed by atoms with van der Waals surface area (Å²) in [5, 5.41) is 9.55. The maximum Gasteiger partial charge on any atom is 0.221 e. The van der Waals surface area contributed by atoms with E-state index in [1.165, 1.54) is 18.1 Å². The molecule has 4 nitrogen and oxygen atoms in total. The van der Waals surface area contributed by atoms with Crippen molar-refractivity contribution >= 4 is 34.6 Å². The van der Waals surface area contributed by atoms with E-state index in [0.29, 0.717) is 11.7 Å². The molecule has 0 radical (unpaired) electrons. The summed E-state index contributed by atoms with van der Waals surface area (Å²) in [6, 6.07) is 15.7. The van der Waals surface area contributed by atoms with Gasteiger partial charge in [0.15, 0.2) is 5.11 Å². The Hall–Kier alpha value is -2.40. The summed E-state index contributed by atoms with van der Waals surface area (Å²) >= 11 is 5.28. The van der Waals surface area contributed by atoms with Gasteiger partial charge in [-0.3, -0.25) is 4.79 Å². The van der Waals surface area contributed by atoms with E-state index in [4.69, 9.17) is 12.2 Å². The standard InChI is InChI=1S/C17H19N3OS/c1-12-6-8-14(9-7-12)11-18-17(22)20-16-5-3-4-15(10-16)19-13(2)21/h3-10H,11H2,1-2H3,(H,19,21)(H2,18,20,22). The molecule has 2 aromatic rings. The highest BCUT2D eigenvalue weighted by molar-refractivity contribution is 7.80. The maximum absolute atomic E-state index is 11.1. The van der Waals surface area contributed by atoms with E-state index < -0.39 is 0 Å². The number of benzene rings is 2. The van der Waals surface area contributed by atoms with Gasteiger partial charge in [-0.2, -0.15) is 0 Å². The fourth-order valence-electron chi connectivity index (χ4n) is 1.94. The number of hydrogen-bond acceptors (Lipinski definition) is 2. The topological polar surface area (TPSA) is 53.2 Å². The SMILES string of the molecule is CC(=O)Nc1cccc(NC(=S)NCc2ccc(C)cc2)c1. The highest BCUT2D eigenvalue weighted by atomic mass is 32.1. The molecule has 22 heavy (non-hydrogen) atoms. The summed E-state index contributed by atoms with van der Waals surface area (Å²) < 4.78 is 0. The second-order valence-corrected chi connectivity index (χ2v) is 5.46. The van der Waals surface area contributed by atoms with Gasteiger partial charge in [0.25, 0.3) is 0 Å². The molecule has 0 aromatic heterocycles. The Kier molecular flexibility index (Phi) is 5.49. The molecule has 5 heteroatoms. The van der Waals surface area contributed by atoms with Crippen LogP contribution in [-0.2, 0) is 11.3 Å². The smallest absolute Gasteiger partial charge is 0.221 e. The third-order valence-electron chi connectivity index (χ3n) is 3.01. The Balaban J connectivity index is 1.89. The van der Waals surface area contributed by atoms with Gasteiger partial charge in [-0.15, -0.1) is 0 Å². The highest BCUT2D eigenvalue weighted by Gasteiger charge is 2.01. The zero-order valence-electron chi connectivity index (χ0n) is 12.6. The van der Waals surface area contributed by atoms with Gasteiger partial charge < -0.3 is 16.0 Å². The van der Waals surface area contributed by atoms with E-state index >= 15 is 0 Å². The van der Waals surface area contributed by atoms with Crippen molar-refractivity contribution in [2.45, 2.75) is 20.4 Å². The van der Waals surface area contributed by atoms with Gasteiger partial charge in [0.05, 0.1) is 0 Å². The molecule has 0 unspecified atom stereocenters. The molecule has 2 rings (SSSR count). The summed E-state index contributed by atoms with van der Waals surface area (Å²) in [7, 11) is 0. The van der Waals surface area contributed by atoms with Crippen molar-refractivity contribution < 1.29 is 4.79 Å². The average molecular weight is 313 g/mol. The number of amides is 1. The average Bonchev–Trinajstić information content (AvgIpc) is 2.46. The molecule has 0 aliphatic carbocycles. The van der Waals surface area contributed by atoms with Gasteiger partial charge in [-0.1, -0.05) is 35.9 Å². The van der Waals surface area contributed by atoms with Gasteiger partial charge >= 0.3 is 0 Å². The Morgan fingerprint density at radius 1 is 1.05 bits per heavy atom. The van der Waals surface area contributed by atoms with Crippen molar-refractivity contribution in [2.75, 3.05) is 10.6 Å². The van der Waals surface area contributed by atoms with Crippen molar-refractivity contribution in [3.8, 4) is 0 Å². The number of nitrogens with one attached hydrogen (secondary N) is 3. The molecule has 2 aromatic carbocycles. The molecule has 0 aliphatic heterocycles. The van der Waals surface area contributed by atoms with Crippen molar-refractivity contribution in [3.63, 3.8) is 0 Å². The number of carbonyl (C=O) groups is 1. The molecular formula is C17H19N3OS. The van der Waals surface area contributed by atoms with Crippen molar-refractivity contribution in [3.05, 3.63) is 59.7 Å². The number of thiocarbonyl (C=S) groups is 1. The van der Waals surface area contributed by atoms with Crippen LogP contribution >= 0.6 is 12.2 Å². The summed E-state index contributed by atoms with van der Waals surface area (Å²) in [4.78, 5) is 11.1. The fourth-order valence-corrected chi connectivity index (χ4v) is 2.13. The zero-order chi connectivity index (χ0) is 15.9. The van der Waals surface area contributed by atoms with Crippen molar-refractivity contribution in [1.29, 1.82) is 0 Å². The van der Waals surface area contributed by atoms with Crippen LogP contribution in [0.25, 0.3) is 0 Å². The molecule has 0 spiro atoms. The molecule has 0 bridgehead atoms. The molecule has 0 saturated heterocycles. The van der Waals surface area contributed by atoms with E-state index in [9.17, 15) is 4.79 Å². The second kappa shape index (κ2) is 7.56. The quantitative estimate of drug-likeness (QED) is 0.757. The van der Waals surface area contributed by atoms with Gasteiger partial charge in [-0.05, 0) is 42.9 Å². The number of aryl methyl sites for hydroxylation is 1. The van der Waals surface area contributed by atoms with Crippen LogP contribution in [0.5, 0.6) is 0 Å². The molecule has 0 fully saturated rings. The summed E-state index contributed by atoms with van der Waals surface area (Å²) in [6.07, 6.45) is 0. The monoisotopic (exact) mass is 313 g/mol. The first-order valence-electron chi connectivity index (χ1n) is 7.01. The van der Waals surface area contributed by atoms with E-state index in [-0.39, 0.29) is 5.91 Å². The minimum atomic E-state index is -0.0998. The third-order valence-corrected chi connectivity index (χ3v) is 3.26. The molecule has 0 atom stereocenters. The van der Waals surface area contributed by atoms with Crippen LogP contribution in [0.1, 0.15) is 18.1 Å². The lowest BCUT2D eigenvalue weighted by Gasteiger charge is -2.12. The van der Waals surface area contributed by atoms with Crippen LogP contribution in [0.15, 0.2) is 48.5 Å². The van der Waals surface area contributed by atoms with Crippen LogP contribution in [0.3, 0.4) is 0 Å². The van der Waals surface area contributed by atoms with Gasteiger partial charge in [0, 0.05) is 24.8 Å². The summed E-state index contributed by atoms with van der Waals surface area (Å²) in [5.74, 6) is -0.0998. The number of anilines is 2. The van der Waals surface area contributed by atoms with Crippen molar-refractivity contribution in [1.82, 2.24) is 5.32 Å². The Morgan fingerprint density at radius 2 is 1.68 bits per heavy atom. The number of rotatable bonds is 4. The van der Waals surface area contributed by atoms with E-state index in [1.54, 1.807) is 0 Å². The van der Waals surface area contributed by atoms with Crippen LogP contribution in [0.4, 0.5) is 11.4 Å². The zero-order valence-corrected chi connectivity index (χ0v) is 13.5. The molecule has 0 aliphatic rings. The maximum atomic E-state index is 11.1. The highest BCUT2D eigenvalue weighted by Crippen LogP contribution is 2.15. The third kappa shape index (κ3) is 5.18. The minimum absolute atomic E-state index is 0.0998. The van der Waals surface area contributed by atoms with Crippen LogP contribution in [0.2, 0.25) is 0 Å². The Labute approximate surface area is 135 Å². The first-order valence-corrected chi connectivity index (χ1v) is 7.42. The Morgan fingerprint density at radius 3 is 2.32 bits per heavy atom. The second-order valence-electron chi connectivity index (χ2n) is 5.06. The minimum Gasteiger partial charge on any atom is -0.358 e. The van der Waals surface area contributed by atoms with Crippen molar-refractivity contribution in [2.24, 2.45) is 0 Å². The molecule has 114 valence electrons. The molecule has 0 heterocycles. The fraction of sp³-hybridized carbons (Fsp3) is 0.176. The predicted octanol–water partition coefficient (Wildman–Crippen LogP) is 3.44. The van der Waals surface area contributed by atoms with Crippen LogP contribution in [0, 0.1) is 6.92 Å². The molecular weight excluding hydrogens is 294 g/mol. The number of carbonyl (C=O) groups excluding carboxylic acids is 1. The molecule has 3 N–H and O–H groups in total. The first kappa shape index (κ1) is 16.0. The van der Waals surface area contributed by atoms with Crippen LogP contribution < -0.4 is 16.0 Å². The molecule has 0 saturated carbocycles.